The summed E-state index contributed by atoms with van der Waals surface area (Å²) in [5.41, 5.74) is 9.78. The maximum absolute atomic E-state index is 6.03. The van der Waals surface area contributed by atoms with E-state index in [0.29, 0.717) is 0 Å². The highest BCUT2D eigenvalue weighted by atomic mass is 79.9. The molecule has 0 bridgehead atoms. The van der Waals surface area contributed by atoms with E-state index < -0.39 is 0 Å². The number of benzene rings is 1. The number of hydrogen-bond acceptors (Lipinski definition) is 3. The van der Waals surface area contributed by atoms with Crippen LogP contribution in [0.1, 0.15) is 30.5 Å². The molecule has 0 saturated carbocycles. The van der Waals surface area contributed by atoms with Crippen molar-refractivity contribution >= 4 is 33.0 Å². The monoisotopic (exact) mass is 338 g/mol. The minimum atomic E-state index is 0.146. The van der Waals surface area contributed by atoms with Crippen molar-refractivity contribution in [1.82, 2.24) is 0 Å². The molecule has 2 nitrogen and oxygen atoms in total. The summed E-state index contributed by atoms with van der Waals surface area (Å²) in [5.74, 6) is 0. The van der Waals surface area contributed by atoms with E-state index in [4.69, 9.17) is 5.73 Å². The molecule has 2 aromatic rings. The highest BCUT2D eigenvalue weighted by Crippen LogP contribution is 2.24. The number of halogens is 1. The molecular formula is C15H19BrN2S. The van der Waals surface area contributed by atoms with Crippen molar-refractivity contribution in [2.24, 2.45) is 5.73 Å². The SMILES string of the molecule is CC[C@H](N)c1ccc(N(C)Cc2csc(Br)c2)cc1. The van der Waals surface area contributed by atoms with Crippen molar-refractivity contribution < 1.29 is 0 Å². The van der Waals surface area contributed by atoms with Crippen molar-refractivity contribution in [3.05, 3.63) is 50.6 Å². The Bertz CT molecular complexity index is 521. The molecule has 0 aliphatic carbocycles. The molecule has 102 valence electrons. The number of rotatable bonds is 5. The normalized spacial score (nSPS) is 12.4. The van der Waals surface area contributed by atoms with Gasteiger partial charge in [0.15, 0.2) is 0 Å². The highest BCUT2D eigenvalue weighted by molar-refractivity contribution is 9.11. The molecule has 0 radical (unpaired) electrons. The third-order valence-corrected chi connectivity index (χ3v) is 4.80. The van der Waals surface area contributed by atoms with Crippen molar-refractivity contribution in [2.75, 3.05) is 11.9 Å². The first-order valence-electron chi connectivity index (χ1n) is 6.39. The van der Waals surface area contributed by atoms with Gasteiger partial charge in [-0.3, -0.25) is 0 Å². The van der Waals surface area contributed by atoms with E-state index in [1.807, 2.05) is 0 Å². The van der Waals surface area contributed by atoms with Crippen LogP contribution in [0.3, 0.4) is 0 Å². The maximum Gasteiger partial charge on any atom is 0.0701 e. The lowest BCUT2D eigenvalue weighted by Gasteiger charge is -2.19. The zero-order chi connectivity index (χ0) is 13.8. The summed E-state index contributed by atoms with van der Waals surface area (Å²) in [6, 6.07) is 10.9. The number of thiophene rings is 1. The Morgan fingerprint density at radius 1 is 1.32 bits per heavy atom. The van der Waals surface area contributed by atoms with Gasteiger partial charge in [0.1, 0.15) is 0 Å². The Labute approximate surface area is 127 Å². The smallest absolute Gasteiger partial charge is 0.0701 e. The minimum absolute atomic E-state index is 0.146. The van der Waals surface area contributed by atoms with Gasteiger partial charge in [0.05, 0.1) is 3.79 Å². The second kappa shape index (κ2) is 6.55. The van der Waals surface area contributed by atoms with Gasteiger partial charge in [0, 0.05) is 25.3 Å². The number of hydrogen-bond donors (Lipinski definition) is 1. The second-order valence-corrected chi connectivity index (χ2v) is 7.01. The number of anilines is 1. The van der Waals surface area contributed by atoms with E-state index in [0.717, 1.165) is 13.0 Å². The predicted octanol–water partition coefficient (Wildman–Crippen LogP) is 4.56. The Kier molecular flexibility index (Phi) is 5.02. The minimum Gasteiger partial charge on any atom is -0.370 e. The van der Waals surface area contributed by atoms with Crippen molar-refractivity contribution in [3.8, 4) is 0 Å². The van der Waals surface area contributed by atoms with Gasteiger partial charge in [0.25, 0.3) is 0 Å². The summed E-state index contributed by atoms with van der Waals surface area (Å²) in [6.07, 6.45) is 0.970. The van der Waals surface area contributed by atoms with Crippen LogP contribution in [-0.2, 0) is 6.54 Å². The maximum atomic E-state index is 6.03. The van der Waals surface area contributed by atoms with Crippen molar-refractivity contribution in [2.45, 2.75) is 25.9 Å². The molecule has 0 aliphatic heterocycles. The highest BCUT2D eigenvalue weighted by Gasteiger charge is 2.06. The molecule has 0 saturated heterocycles. The molecule has 0 spiro atoms. The van der Waals surface area contributed by atoms with Crippen LogP contribution in [0.4, 0.5) is 5.69 Å². The molecule has 1 heterocycles. The van der Waals surface area contributed by atoms with Gasteiger partial charge in [-0.25, -0.2) is 0 Å². The molecule has 1 atom stereocenters. The van der Waals surface area contributed by atoms with E-state index in [1.165, 1.54) is 20.6 Å². The molecular weight excluding hydrogens is 320 g/mol. The lowest BCUT2D eigenvalue weighted by molar-refractivity contribution is 0.698. The lowest BCUT2D eigenvalue weighted by Crippen LogP contribution is -2.16. The Morgan fingerprint density at radius 3 is 2.53 bits per heavy atom. The third-order valence-electron chi connectivity index (χ3n) is 3.24. The summed E-state index contributed by atoms with van der Waals surface area (Å²) in [7, 11) is 2.11. The molecule has 1 aromatic heterocycles. The Balaban J connectivity index is 2.05. The Morgan fingerprint density at radius 2 is 2.00 bits per heavy atom. The predicted molar refractivity (Wildman–Crippen MR) is 87.8 cm³/mol. The molecule has 0 aliphatic rings. The lowest BCUT2D eigenvalue weighted by atomic mass is 10.1. The molecule has 0 unspecified atom stereocenters. The molecule has 1 aromatic carbocycles. The summed E-state index contributed by atoms with van der Waals surface area (Å²) in [5, 5.41) is 2.18. The fraction of sp³-hybridized carbons (Fsp3) is 0.333. The van der Waals surface area contributed by atoms with Gasteiger partial charge < -0.3 is 10.6 Å². The number of nitrogens with zero attached hydrogens (tertiary/aromatic N) is 1. The Hall–Kier alpha value is -0.840. The first kappa shape index (κ1) is 14.6. The van der Waals surface area contributed by atoms with Gasteiger partial charge >= 0.3 is 0 Å². The number of nitrogens with two attached hydrogens (primary N) is 1. The van der Waals surface area contributed by atoms with Crippen LogP contribution >= 0.6 is 27.3 Å². The van der Waals surface area contributed by atoms with Crippen LogP contribution < -0.4 is 10.6 Å². The van der Waals surface area contributed by atoms with Gasteiger partial charge in [-0.05, 0) is 57.1 Å². The van der Waals surface area contributed by atoms with Crippen LogP contribution in [0.2, 0.25) is 0 Å². The van der Waals surface area contributed by atoms with E-state index >= 15 is 0 Å². The molecule has 19 heavy (non-hydrogen) atoms. The quantitative estimate of drug-likeness (QED) is 0.865. The van der Waals surface area contributed by atoms with E-state index in [2.05, 4.69) is 70.5 Å². The van der Waals surface area contributed by atoms with Crippen LogP contribution in [0.25, 0.3) is 0 Å². The van der Waals surface area contributed by atoms with Gasteiger partial charge in [-0.1, -0.05) is 19.1 Å². The van der Waals surface area contributed by atoms with Crippen LogP contribution in [0.5, 0.6) is 0 Å². The molecule has 0 fully saturated rings. The summed E-state index contributed by atoms with van der Waals surface area (Å²) in [4.78, 5) is 2.25. The van der Waals surface area contributed by atoms with Gasteiger partial charge in [-0.2, -0.15) is 0 Å². The first-order chi connectivity index (χ1) is 9.10. The van der Waals surface area contributed by atoms with E-state index in [1.54, 1.807) is 11.3 Å². The average molecular weight is 339 g/mol. The largest absolute Gasteiger partial charge is 0.370 e. The molecule has 2 N–H and O–H groups in total. The zero-order valence-corrected chi connectivity index (χ0v) is 13.7. The topological polar surface area (TPSA) is 29.3 Å². The van der Waals surface area contributed by atoms with Crippen LogP contribution in [0.15, 0.2) is 39.5 Å². The third kappa shape index (κ3) is 3.81. The van der Waals surface area contributed by atoms with Gasteiger partial charge in [-0.15, -0.1) is 11.3 Å². The van der Waals surface area contributed by atoms with E-state index in [-0.39, 0.29) is 6.04 Å². The summed E-state index contributed by atoms with van der Waals surface area (Å²) in [6.45, 7) is 3.03. The second-order valence-electron chi connectivity index (χ2n) is 4.72. The van der Waals surface area contributed by atoms with Crippen LogP contribution in [-0.4, -0.2) is 7.05 Å². The first-order valence-corrected chi connectivity index (χ1v) is 8.07. The molecule has 2 rings (SSSR count). The van der Waals surface area contributed by atoms with Crippen LogP contribution in [0, 0.1) is 0 Å². The van der Waals surface area contributed by atoms with E-state index in [9.17, 15) is 0 Å². The fourth-order valence-electron chi connectivity index (χ4n) is 2.01. The van der Waals surface area contributed by atoms with Crippen molar-refractivity contribution in [3.63, 3.8) is 0 Å². The van der Waals surface area contributed by atoms with Crippen molar-refractivity contribution in [1.29, 1.82) is 0 Å². The molecule has 0 amide bonds. The standard InChI is InChI=1S/C15H19BrN2S/c1-3-14(17)12-4-6-13(7-5-12)18(2)9-11-8-15(16)19-10-11/h4-8,10,14H,3,9,17H2,1-2H3/t14-/m0/s1. The zero-order valence-electron chi connectivity index (χ0n) is 11.3. The summed E-state index contributed by atoms with van der Waals surface area (Å²) < 4.78 is 1.18. The fourth-order valence-corrected chi connectivity index (χ4v) is 3.21. The molecule has 4 heteroatoms. The average Bonchev–Trinajstić information content (AvgIpc) is 2.83. The summed E-state index contributed by atoms with van der Waals surface area (Å²) >= 11 is 5.22. The van der Waals surface area contributed by atoms with Gasteiger partial charge in [0.2, 0.25) is 0 Å².